The van der Waals surface area contributed by atoms with Gasteiger partial charge in [0.15, 0.2) is 0 Å². The van der Waals surface area contributed by atoms with Crippen LogP contribution < -0.4 is 5.32 Å². The van der Waals surface area contributed by atoms with Crippen molar-refractivity contribution in [2.24, 2.45) is 11.8 Å². The summed E-state index contributed by atoms with van der Waals surface area (Å²) in [4.78, 5) is 18.0. The Kier molecular flexibility index (Phi) is 3.99. The number of carbonyl (C=O) groups excluding carboxylic acids is 1. The number of nitrogens with one attached hydrogen (secondary N) is 1. The molecule has 0 saturated carbocycles. The van der Waals surface area contributed by atoms with Crippen LogP contribution in [0.1, 0.15) is 26.0 Å². The van der Waals surface area contributed by atoms with Crippen molar-refractivity contribution in [2.45, 2.75) is 26.8 Å². The number of amides is 2. The fourth-order valence-corrected chi connectivity index (χ4v) is 2.99. The fraction of sp³-hybridized carbons (Fsp3) is 0.667. The fourth-order valence-electron chi connectivity index (χ4n) is 2.43. The molecule has 0 spiro atoms. The van der Waals surface area contributed by atoms with Gasteiger partial charge in [-0.15, -0.1) is 11.3 Å². The van der Waals surface area contributed by atoms with Crippen LogP contribution in [0.2, 0.25) is 0 Å². The Labute approximate surface area is 106 Å². The smallest absolute Gasteiger partial charge is 0.317 e. The molecule has 0 aromatic carbocycles. The zero-order valence-electron chi connectivity index (χ0n) is 10.3. The number of hydrogen-bond donors (Lipinski definition) is 1. The van der Waals surface area contributed by atoms with Gasteiger partial charge in [-0.3, -0.25) is 0 Å². The van der Waals surface area contributed by atoms with Gasteiger partial charge in [0.05, 0.1) is 17.7 Å². The number of aromatic nitrogens is 1. The van der Waals surface area contributed by atoms with Crippen LogP contribution in [0.4, 0.5) is 4.79 Å². The highest BCUT2D eigenvalue weighted by molar-refractivity contribution is 7.07. The molecule has 2 rings (SSSR count). The maximum atomic E-state index is 12.0. The van der Waals surface area contributed by atoms with E-state index in [1.54, 1.807) is 16.8 Å². The Morgan fingerprint density at radius 3 is 2.82 bits per heavy atom. The summed E-state index contributed by atoms with van der Waals surface area (Å²) in [5.41, 5.74) is 2.72. The van der Waals surface area contributed by atoms with Crippen LogP contribution in [0, 0.1) is 11.8 Å². The summed E-state index contributed by atoms with van der Waals surface area (Å²) in [6.45, 7) is 6.68. The second-order valence-electron chi connectivity index (χ2n) is 4.99. The predicted molar refractivity (Wildman–Crippen MR) is 68.9 cm³/mol. The Morgan fingerprint density at radius 2 is 2.24 bits per heavy atom. The SMILES string of the molecule is CC1CC(C)CN(C(=O)NCc2cscn2)C1. The summed E-state index contributed by atoms with van der Waals surface area (Å²) in [5, 5.41) is 4.89. The minimum atomic E-state index is 0.0383. The van der Waals surface area contributed by atoms with Crippen LogP contribution >= 0.6 is 11.3 Å². The maximum Gasteiger partial charge on any atom is 0.317 e. The number of urea groups is 1. The van der Waals surface area contributed by atoms with E-state index >= 15 is 0 Å². The Balaban J connectivity index is 1.83. The molecule has 4 nitrogen and oxygen atoms in total. The van der Waals surface area contributed by atoms with Gasteiger partial charge in [0, 0.05) is 18.5 Å². The first-order chi connectivity index (χ1) is 8.15. The van der Waals surface area contributed by atoms with Crippen molar-refractivity contribution in [3.8, 4) is 0 Å². The van der Waals surface area contributed by atoms with Crippen molar-refractivity contribution in [3.63, 3.8) is 0 Å². The van der Waals surface area contributed by atoms with E-state index in [1.807, 2.05) is 10.3 Å². The van der Waals surface area contributed by atoms with Gasteiger partial charge in [-0.25, -0.2) is 9.78 Å². The minimum absolute atomic E-state index is 0.0383. The summed E-state index contributed by atoms with van der Waals surface area (Å²) in [6, 6.07) is 0.0383. The molecule has 0 aliphatic carbocycles. The molecule has 1 aromatic heterocycles. The average molecular weight is 253 g/mol. The number of carbonyl (C=O) groups is 1. The molecule has 0 radical (unpaired) electrons. The van der Waals surface area contributed by atoms with E-state index in [0.717, 1.165) is 18.8 Å². The Morgan fingerprint density at radius 1 is 1.53 bits per heavy atom. The van der Waals surface area contributed by atoms with E-state index in [4.69, 9.17) is 0 Å². The van der Waals surface area contributed by atoms with Gasteiger partial charge in [-0.1, -0.05) is 13.8 Å². The van der Waals surface area contributed by atoms with Gasteiger partial charge in [-0.2, -0.15) is 0 Å². The molecular formula is C12H19N3OS. The number of hydrogen-bond acceptors (Lipinski definition) is 3. The normalized spacial score (nSPS) is 24.7. The quantitative estimate of drug-likeness (QED) is 0.879. The van der Waals surface area contributed by atoms with Crippen LogP contribution in [0.15, 0.2) is 10.9 Å². The zero-order valence-corrected chi connectivity index (χ0v) is 11.2. The number of likely N-dealkylation sites (tertiary alicyclic amines) is 1. The number of rotatable bonds is 2. The monoisotopic (exact) mass is 253 g/mol. The van der Waals surface area contributed by atoms with Crippen LogP contribution in [0.25, 0.3) is 0 Å². The van der Waals surface area contributed by atoms with E-state index in [9.17, 15) is 4.79 Å². The molecule has 94 valence electrons. The molecule has 2 amide bonds. The summed E-state index contributed by atoms with van der Waals surface area (Å²) in [7, 11) is 0. The lowest BCUT2D eigenvalue weighted by molar-refractivity contribution is 0.146. The van der Waals surface area contributed by atoms with Crippen molar-refractivity contribution in [3.05, 3.63) is 16.6 Å². The third kappa shape index (κ3) is 3.43. The lowest BCUT2D eigenvalue weighted by Crippen LogP contribution is -2.47. The molecule has 2 atom stereocenters. The molecule has 1 aliphatic heterocycles. The third-order valence-corrected chi connectivity index (χ3v) is 3.70. The summed E-state index contributed by atoms with van der Waals surface area (Å²) in [5.74, 6) is 1.20. The van der Waals surface area contributed by atoms with E-state index in [2.05, 4.69) is 24.1 Å². The summed E-state index contributed by atoms with van der Waals surface area (Å²) in [6.07, 6.45) is 1.22. The largest absolute Gasteiger partial charge is 0.332 e. The lowest BCUT2D eigenvalue weighted by Gasteiger charge is -2.34. The van der Waals surface area contributed by atoms with Crippen molar-refractivity contribution >= 4 is 17.4 Å². The summed E-state index contributed by atoms with van der Waals surface area (Å²) < 4.78 is 0. The molecule has 1 aliphatic rings. The van der Waals surface area contributed by atoms with Crippen LogP contribution in [0.5, 0.6) is 0 Å². The highest BCUT2D eigenvalue weighted by Crippen LogP contribution is 2.20. The highest BCUT2D eigenvalue weighted by Gasteiger charge is 2.25. The van der Waals surface area contributed by atoms with Crippen molar-refractivity contribution < 1.29 is 4.79 Å². The standard InChI is InChI=1S/C12H19N3OS/c1-9-3-10(2)6-15(5-9)12(16)13-4-11-7-17-8-14-11/h7-10H,3-6H2,1-2H3,(H,13,16). The molecule has 0 bridgehead atoms. The third-order valence-electron chi connectivity index (χ3n) is 3.06. The predicted octanol–water partition coefficient (Wildman–Crippen LogP) is 2.33. The van der Waals surface area contributed by atoms with Crippen LogP contribution in [-0.4, -0.2) is 29.0 Å². The van der Waals surface area contributed by atoms with E-state index in [1.165, 1.54) is 6.42 Å². The Bertz CT molecular complexity index is 356. The molecule has 1 fully saturated rings. The second kappa shape index (κ2) is 5.49. The van der Waals surface area contributed by atoms with Gasteiger partial charge < -0.3 is 10.2 Å². The van der Waals surface area contributed by atoms with E-state index in [-0.39, 0.29) is 6.03 Å². The maximum absolute atomic E-state index is 12.0. The van der Waals surface area contributed by atoms with E-state index in [0.29, 0.717) is 18.4 Å². The Hall–Kier alpha value is -1.10. The zero-order chi connectivity index (χ0) is 12.3. The lowest BCUT2D eigenvalue weighted by atomic mass is 9.92. The molecule has 17 heavy (non-hydrogen) atoms. The molecule has 2 unspecified atom stereocenters. The van der Waals surface area contributed by atoms with Crippen LogP contribution in [0.3, 0.4) is 0 Å². The molecule has 1 aromatic rings. The van der Waals surface area contributed by atoms with Gasteiger partial charge in [-0.05, 0) is 18.3 Å². The first kappa shape index (κ1) is 12.4. The number of thiazole rings is 1. The first-order valence-corrected chi connectivity index (χ1v) is 6.99. The topological polar surface area (TPSA) is 45.2 Å². The van der Waals surface area contributed by atoms with Gasteiger partial charge >= 0.3 is 6.03 Å². The molecule has 1 N–H and O–H groups in total. The minimum Gasteiger partial charge on any atom is -0.332 e. The van der Waals surface area contributed by atoms with Gasteiger partial charge in [0.25, 0.3) is 0 Å². The molecule has 2 heterocycles. The van der Waals surface area contributed by atoms with Crippen molar-refractivity contribution in [2.75, 3.05) is 13.1 Å². The average Bonchev–Trinajstić information content (AvgIpc) is 2.77. The van der Waals surface area contributed by atoms with E-state index < -0.39 is 0 Å². The summed E-state index contributed by atoms with van der Waals surface area (Å²) >= 11 is 1.55. The van der Waals surface area contributed by atoms with Gasteiger partial charge in [0.2, 0.25) is 0 Å². The first-order valence-electron chi connectivity index (χ1n) is 6.05. The highest BCUT2D eigenvalue weighted by atomic mass is 32.1. The number of nitrogens with zero attached hydrogens (tertiary/aromatic N) is 2. The van der Waals surface area contributed by atoms with Crippen molar-refractivity contribution in [1.29, 1.82) is 0 Å². The van der Waals surface area contributed by atoms with Gasteiger partial charge in [0.1, 0.15) is 0 Å². The van der Waals surface area contributed by atoms with Crippen molar-refractivity contribution in [1.82, 2.24) is 15.2 Å². The second-order valence-corrected chi connectivity index (χ2v) is 5.71. The number of piperidine rings is 1. The molecule has 1 saturated heterocycles. The molecule has 5 heteroatoms. The molecular weight excluding hydrogens is 234 g/mol. The van der Waals surface area contributed by atoms with Crippen LogP contribution in [-0.2, 0) is 6.54 Å².